The summed E-state index contributed by atoms with van der Waals surface area (Å²) < 4.78 is 76.7. The van der Waals surface area contributed by atoms with Gasteiger partial charge in [0.05, 0.1) is 17.1 Å². The number of para-hydroxylation sites is 1. The minimum Gasteiger partial charge on any atom is -0.369 e. The van der Waals surface area contributed by atoms with Crippen molar-refractivity contribution < 1.29 is 55.1 Å². The molecule has 0 saturated carbocycles. The maximum Gasteiger partial charge on any atom is 0.389 e. The lowest BCUT2D eigenvalue weighted by atomic mass is 9.83. The molecule has 6 atom stereocenters. The zero-order valence-electron chi connectivity index (χ0n) is 38.4. The third-order valence-corrected chi connectivity index (χ3v) is 12.1. The second-order valence-electron chi connectivity index (χ2n) is 16.8. The first kappa shape index (κ1) is 55.6. The number of nitrogens with two attached hydrogens (primary N) is 1. The van der Waals surface area contributed by atoms with Crippen LogP contribution in [-0.2, 0) is 35.2 Å². The number of nitrogens with one attached hydrogen (secondary N) is 2. The molecule has 0 radical (unpaired) electrons. The van der Waals surface area contributed by atoms with Gasteiger partial charge in [-0.05, 0) is 44.2 Å². The van der Waals surface area contributed by atoms with Crippen molar-refractivity contribution >= 4 is 52.3 Å². The number of carbonyl (C=O) groups is 6. The Balaban J connectivity index is 0.000000300. The summed E-state index contributed by atoms with van der Waals surface area (Å²) >= 11 is 0. The lowest BCUT2D eigenvalue weighted by Gasteiger charge is -2.26. The predicted octanol–water partition coefficient (Wildman–Crippen LogP) is 8.71. The van der Waals surface area contributed by atoms with E-state index in [4.69, 9.17) is 5.73 Å². The molecular formula is C52H58F6N6O6. The summed E-state index contributed by atoms with van der Waals surface area (Å²) in [6, 6.07) is 32.8. The van der Waals surface area contributed by atoms with E-state index in [9.17, 15) is 55.1 Å². The van der Waals surface area contributed by atoms with Crippen molar-refractivity contribution in [3.8, 4) is 0 Å². The summed E-state index contributed by atoms with van der Waals surface area (Å²) in [7, 11) is 1.57. The number of rotatable bonds is 16. The number of aliphatic imine (C=N–C) groups is 2. The monoisotopic (exact) mass is 976 g/mol. The van der Waals surface area contributed by atoms with Crippen LogP contribution in [0.15, 0.2) is 119 Å². The van der Waals surface area contributed by atoms with Crippen molar-refractivity contribution in [3.05, 3.63) is 137 Å². The van der Waals surface area contributed by atoms with E-state index in [2.05, 4.69) is 20.6 Å². The Morgan fingerprint density at radius 2 is 1.07 bits per heavy atom. The minimum atomic E-state index is -4.49. The zero-order chi connectivity index (χ0) is 50.6. The number of alkyl halides is 6. The van der Waals surface area contributed by atoms with E-state index in [1.807, 2.05) is 91.0 Å². The molecule has 4 amide bonds. The molecule has 0 spiro atoms. The van der Waals surface area contributed by atoms with E-state index in [1.54, 1.807) is 39.1 Å². The molecule has 70 heavy (non-hydrogen) atoms. The number of benzene rings is 4. The molecular weight excluding hydrogens is 919 g/mol. The molecule has 2 aliphatic heterocycles. The third kappa shape index (κ3) is 14.5. The van der Waals surface area contributed by atoms with Crippen molar-refractivity contribution in [1.29, 1.82) is 0 Å². The molecule has 4 aromatic rings. The quantitative estimate of drug-likeness (QED) is 0.0945. The Hall–Kier alpha value is -6.98. The van der Waals surface area contributed by atoms with E-state index >= 15 is 0 Å². The number of nitrogens with zero attached hydrogens (tertiary/aromatic N) is 3. The zero-order valence-corrected chi connectivity index (χ0v) is 38.4. The largest absolute Gasteiger partial charge is 0.389 e. The van der Waals surface area contributed by atoms with Gasteiger partial charge in [-0.25, -0.2) is 4.99 Å². The van der Waals surface area contributed by atoms with E-state index in [0.717, 1.165) is 22.3 Å². The van der Waals surface area contributed by atoms with Gasteiger partial charge in [-0.15, -0.1) is 0 Å². The number of primary amides is 1. The first-order valence-corrected chi connectivity index (χ1v) is 22.4. The Bertz CT molecular complexity index is 2550. The van der Waals surface area contributed by atoms with Crippen molar-refractivity contribution in [2.24, 2.45) is 39.4 Å². The summed E-state index contributed by atoms with van der Waals surface area (Å²) in [6.07, 6.45) is -14.8. The summed E-state index contributed by atoms with van der Waals surface area (Å²) in [5.74, 6) is -8.33. The summed E-state index contributed by atoms with van der Waals surface area (Å²) in [5.41, 5.74) is 10.7. The number of ketones is 2. The Labute approximate surface area is 403 Å². The number of likely N-dealkylation sites (N-methyl/N-ethyl adjacent to an activating group) is 1. The van der Waals surface area contributed by atoms with Crippen LogP contribution in [0.4, 0.5) is 32.0 Å². The standard InChI is InChI=1S/C26H28F3N3O3.C25H26F3N3O3.CH4/c1-4-18(19(16(2)33)14-15-26(27,28)29)24(34)31-23-25(35)32(3)21-13-9-8-12-20(21)22(30-23)17-10-6-5-7-11-17;1-2-17(19(22(29)33)12-13-25(26,27)28)24(34)31-23-20(32)14-16-10-6-7-11-18(16)21(30-23)15-8-4-3-5-9-15;/h5-13,18-19,23H,4,14-15H2,1-3H3,(H,31,34);3-11,17,19,23H,2,12-14H2,1H3,(H2,29,33)(H,31,34);1H4/t18-,19-,23-;17-,19+,23-;/m11./s1. The van der Waals surface area contributed by atoms with Crippen LogP contribution < -0.4 is 21.3 Å². The normalized spacial score (nSPS) is 17.4. The van der Waals surface area contributed by atoms with Gasteiger partial charge in [0, 0.05) is 72.2 Å². The number of carbonyl (C=O) groups excluding carboxylic acids is 6. The van der Waals surface area contributed by atoms with Gasteiger partial charge in [0.25, 0.3) is 5.91 Å². The van der Waals surface area contributed by atoms with Crippen molar-refractivity contribution in [3.63, 3.8) is 0 Å². The van der Waals surface area contributed by atoms with Crippen LogP contribution in [0.3, 0.4) is 0 Å². The van der Waals surface area contributed by atoms with E-state index in [1.165, 1.54) is 11.8 Å². The topological polar surface area (TPSA) is 180 Å². The highest BCUT2D eigenvalue weighted by molar-refractivity contribution is 6.20. The fourth-order valence-corrected chi connectivity index (χ4v) is 8.50. The first-order valence-electron chi connectivity index (χ1n) is 22.4. The van der Waals surface area contributed by atoms with Gasteiger partial charge in [0.2, 0.25) is 23.9 Å². The summed E-state index contributed by atoms with van der Waals surface area (Å²) in [4.78, 5) is 87.2. The van der Waals surface area contributed by atoms with Crippen LogP contribution in [-0.4, -0.2) is 78.4 Å². The molecule has 12 nitrogen and oxygen atoms in total. The van der Waals surface area contributed by atoms with Gasteiger partial charge >= 0.3 is 12.4 Å². The number of hydrogen-bond acceptors (Lipinski definition) is 8. The van der Waals surface area contributed by atoms with Gasteiger partial charge in [-0.3, -0.25) is 33.8 Å². The molecule has 2 heterocycles. The molecule has 18 heteroatoms. The van der Waals surface area contributed by atoms with Crippen molar-refractivity contribution in [1.82, 2.24) is 10.6 Å². The van der Waals surface area contributed by atoms with Crippen LogP contribution in [0.5, 0.6) is 0 Å². The fraction of sp³-hybridized carbons (Fsp3) is 0.385. The maximum absolute atomic E-state index is 13.3. The lowest BCUT2D eigenvalue weighted by Crippen LogP contribution is -2.49. The number of halogens is 6. The maximum atomic E-state index is 13.3. The Kier molecular flexibility index (Phi) is 19.5. The average Bonchev–Trinajstić information content (AvgIpc) is 3.51. The summed E-state index contributed by atoms with van der Waals surface area (Å²) in [6.45, 7) is 4.39. The molecule has 0 unspecified atom stereocenters. The molecule has 0 bridgehead atoms. The van der Waals surface area contributed by atoms with E-state index in [0.29, 0.717) is 22.7 Å². The number of fused-ring (bicyclic) bond motifs is 2. The Morgan fingerprint density at radius 3 is 1.57 bits per heavy atom. The lowest BCUT2D eigenvalue weighted by molar-refractivity contribution is -0.146. The van der Waals surface area contributed by atoms with E-state index in [-0.39, 0.29) is 32.5 Å². The molecule has 0 saturated heterocycles. The first-order chi connectivity index (χ1) is 32.6. The SMILES string of the molecule is C.CC[C@@H](C(=O)N[C@H]1N=C(c2ccccc2)c2ccccc2CC1=O)[C@H](CCC(F)(F)F)C(N)=O.CC[C@@H](C(=O)N[C@H]1N=C(c2ccccc2)c2ccccc2N(C)C1=O)[C@H](CCC(F)(F)F)C(C)=O. The van der Waals surface area contributed by atoms with Gasteiger partial charge in [-0.2, -0.15) is 26.3 Å². The van der Waals surface area contributed by atoms with E-state index < -0.39 is 103 Å². The van der Waals surface area contributed by atoms with Gasteiger partial charge in [0.1, 0.15) is 5.78 Å². The van der Waals surface area contributed by atoms with Crippen LogP contribution in [0.2, 0.25) is 0 Å². The number of amides is 4. The number of Topliss-reactive ketones (excluding diaryl/α,β-unsaturated/α-hetero) is 2. The third-order valence-electron chi connectivity index (χ3n) is 12.1. The van der Waals surface area contributed by atoms with Gasteiger partial charge in [0.15, 0.2) is 11.9 Å². The molecule has 6 rings (SSSR count). The molecule has 0 aliphatic carbocycles. The molecule has 0 fully saturated rings. The highest BCUT2D eigenvalue weighted by Gasteiger charge is 2.40. The van der Waals surface area contributed by atoms with Crippen LogP contribution in [0, 0.1) is 23.7 Å². The van der Waals surface area contributed by atoms with Crippen LogP contribution in [0.1, 0.15) is 94.5 Å². The second kappa shape index (κ2) is 24.5. The molecule has 2 aliphatic rings. The fourth-order valence-electron chi connectivity index (χ4n) is 8.50. The smallest absolute Gasteiger partial charge is 0.369 e. The number of anilines is 1. The minimum absolute atomic E-state index is 0. The highest BCUT2D eigenvalue weighted by Crippen LogP contribution is 2.32. The van der Waals surface area contributed by atoms with Gasteiger partial charge < -0.3 is 21.3 Å². The summed E-state index contributed by atoms with van der Waals surface area (Å²) in [5, 5.41) is 5.17. The number of hydrogen-bond donors (Lipinski definition) is 3. The molecule has 4 N–H and O–H groups in total. The average molecular weight is 977 g/mol. The van der Waals surface area contributed by atoms with Crippen molar-refractivity contribution in [2.75, 3.05) is 11.9 Å². The van der Waals surface area contributed by atoms with Gasteiger partial charge in [-0.1, -0.05) is 124 Å². The predicted molar refractivity (Wildman–Crippen MR) is 255 cm³/mol. The van der Waals surface area contributed by atoms with Crippen LogP contribution >= 0.6 is 0 Å². The second-order valence-corrected chi connectivity index (χ2v) is 16.8. The molecule has 4 aromatic carbocycles. The molecule has 0 aromatic heterocycles. The highest BCUT2D eigenvalue weighted by atomic mass is 19.4. The Morgan fingerprint density at radius 1 is 0.643 bits per heavy atom. The van der Waals surface area contributed by atoms with Crippen LogP contribution in [0.25, 0.3) is 0 Å². The molecule has 374 valence electrons. The van der Waals surface area contributed by atoms with Crippen molar-refractivity contribution in [2.45, 2.75) is 97.8 Å². The number of benzodiazepines with no additional fused rings is 1.